The largest absolute Gasteiger partial charge is 0.508 e. The summed E-state index contributed by atoms with van der Waals surface area (Å²) in [7, 11) is 0. The van der Waals surface area contributed by atoms with Gasteiger partial charge in [0, 0.05) is 16.6 Å². The van der Waals surface area contributed by atoms with Gasteiger partial charge in [0.15, 0.2) is 0 Å². The lowest BCUT2D eigenvalue weighted by atomic mass is 10.0. The first-order chi connectivity index (χ1) is 6.43. The highest BCUT2D eigenvalue weighted by atomic mass is 35.5. The van der Waals surface area contributed by atoms with Gasteiger partial charge in [-0.15, -0.1) is 0 Å². The van der Waals surface area contributed by atoms with E-state index in [2.05, 4.69) is 0 Å². The number of benzene rings is 1. The summed E-state index contributed by atoms with van der Waals surface area (Å²) in [5.74, 6) is 0.0848. The van der Waals surface area contributed by atoms with Crippen molar-refractivity contribution >= 4 is 11.6 Å². The maximum atomic E-state index is 9.71. The molecular formula is C10H14ClNO2. The molecule has 2 unspecified atom stereocenters. The van der Waals surface area contributed by atoms with Crippen LogP contribution in [0, 0.1) is 6.92 Å². The summed E-state index contributed by atoms with van der Waals surface area (Å²) in [5.41, 5.74) is 6.74. The van der Waals surface area contributed by atoms with Crippen molar-refractivity contribution in [3.63, 3.8) is 0 Å². The van der Waals surface area contributed by atoms with E-state index in [0.717, 1.165) is 5.56 Å². The van der Waals surface area contributed by atoms with Crippen LogP contribution >= 0.6 is 11.6 Å². The molecule has 2 atom stereocenters. The van der Waals surface area contributed by atoms with Gasteiger partial charge in [0.05, 0.1) is 6.10 Å². The van der Waals surface area contributed by atoms with Crippen molar-refractivity contribution in [2.45, 2.75) is 26.0 Å². The summed E-state index contributed by atoms with van der Waals surface area (Å²) in [6.45, 7) is 3.44. The van der Waals surface area contributed by atoms with Crippen LogP contribution in [0.25, 0.3) is 0 Å². The lowest BCUT2D eigenvalue weighted by molar-refractivity contribution is 0.153. The summed E-state index contributed by atoms with van der Waals surface area (Å²) in [6, 6.07) is 2.55. The van der Waals surface area contributed by atoms with Crippen molar-refractivity contribution in [2.24, 2.45) is 5.73 Å². The van der Waals surface area contributed by atoms with Crippen molar-refractivity contribution in [1.82, 2.24) is 0 Å². The van der Waals surface area contributed by atoms with E-state index in [4.69, 9.17) is 17.3 Å². The van der Waals surface area contributed by atoms with E-state index in [9.17, 15) is 10.2 Å². The Labute approximate surface area is 88.1 Å². The first kappa shape index (κ1) is 11.3. The molecule has 0 radical (unpaired) electrons. The molecule has 0 spiro atoms. The second-order valence-corrected chi connectivity index (χ2v) is 3.85. The Morgan fingerprint density at radius 3 is 2.50 bits per heavy atom. The number of aryl methyl sites for hydroxylation is 1. The molecule has 78 valence electrons. The Morgan fingerprint density at radius 1 is 1.43 bits per heavy atom. The van der Waals surface area contributed by atoms with Crippen molar-refractivity contribution in [2.75, 3.05) is 0 Å². The van der Waals surface area contributed by atoms with Crippen LogP contribution in [0.15, 0.2) is 12.1 Å². The van der Waals surface area contributed by atoms with E-state index >= 15 is 0 Å². The average molecular weight is 216 g/mol. The number of phenols is 1. The summed E-state index contributed by atoms with van der Waals surface area (Å²) >= 11 is 5.98. The van der Waals surface area contributed by atoms with Gasteiger partial charge < -0.3 is 15.9 Å². The minimum atomic E-state index is -0.853. The zero-order chi connectivity index (χ0) is 10.9. The molecule has 0 saturated heterocycles. The number of phenolic OH excluding ortho intramolecular Hbond substituents is 1. The number of hydrogen-bond donors (Lipinski definition) is 3. The highest BCUT2D eigenvalue weighted by Gasteiger charge is 2.17. The second kappa shape index (κ2) is 4.17. The maximum absolute atomic E-state index is 9.71. The lowest BCUT2D eigenvalue weighted by Crippen LogP contribution is -2.24. The van der Waals surface area contributed by atoms with Crippen molar-refractivity contribution in [3.8, 4) is 5.75 Å². The third-order valence-corrected chi connectivity index (χ3v) is 2.60. The Morgan fingerprint density at radius 2 is 2.00 bits per heavy atom. The molecule has 0 fully saturated rings. The topological polar surface area (TPSA) is 66.5 Å². The first-order valence-corrected chi connectivity index (χ1v) is 4.74. The molecule has 4 N–H and O–H groups in total. The molecule has 3 nitrogen and oxygen atoms in total. The Bertz CT molecular complexity index is 339. The Balaban J connectivity index is 3.20. The van der Waals surface area contributed by atoms with E-state index < -0.39 is 12.1 Å². The van der Waals surface area contributed by atoms with Crippen LogP contribution in [0.2, 0.25) is 5.02 Å². The number of halogens is 1. The van der Waals surface area contributed by atoms with Crippen LogP contribution in [0.5, 0.6) is 5.75 Å². The van der Waals surface area contributed by atoms with Crippen molar-refractivity contribution in [3.05, 3.63) is 28.3 Å². The molecule has 0 saturated carbocycles. The number of nitrogens with two attached hydrogens (primary N) is 1. The van der Waals surface area contributed by atoms with E-state index in [-0.39, 0.29) is 5.75 Å². The van der Waals surface area contributed by atoms with E-state index in [1.807, 2.05) is 0 Å². The van der Waals surface area contributed by atoms with Crippen LogP contribution in [-0.4, -0.2) is 16.3 Å². The molecule has 0 aromatic heterocycles. The molecule has 0 aliphatic rings. The smallest absolute Gasteiger partial charge is 0.116 e. The van der Waals surface area contributed by atoms with Crippen molar-refractivity contribution in [1.29, 1.82) is 0 Å². The quantitative estimate of drug-likeness (QED) is 0.704. The van der Waals surface area contributed by atoms with Crippen LogP contribution in [0.3, 0.4) is 0 Å². The van der Waals surface area contributed by atoms with Gasteiger partial charge in [-0.3, -0.25) is 0 Å². The fourth-order valence-electron chi connectivity index (χ4n) is 1.28. The van der Waals surface area contributed by atoms with Gasteiger partial charge in [0.25, 0.3) is 0 Å². The van der Waals surface area contributed by atoms with Gasteiger partial charge in [-0.2, -0.15) is 0 Å². The molecule has 0 bridgehead atoms. The molecule has 0 aliphatic carbocycles. The van der Waals surface area contributed by atoms with Crippen LogP contribution < -0.4 is 5.73 Å². The van der Waals surface area contributed by atoms with Crippen LogP contribution in [0.4, 0.5) is 0 Å². The number of aliphatic hydroxyl groups excluding tert-OH is 1. The molecule has 0 heterocycles. The van der Waals surface area contributed by atoms with Gasteiger partial charge in [-0.05, 0) is 31.5 Å². The molecule has 14 heavy (non-hydrogen) atoms. The third kappa shape index (κ3) is 2.18. The summed E-state index contributed by atoms with van der Waals surface area (Å²) in [6.07, 6.45) is -0.853. The molecule has 4 heteroatoms. The summed E-state index contributed by atoms with van der Waals surface area (Å²) < 4.78 is 0. The summed E-state index contributed by atoms with van der Waals surface area (Å²) in [4.78, 5) is 0. The van der Waals surface area contributed by atoms with E-state index in [1.54, 1.807) is 19.9 Å². The van der Waals surface area contributed by atoms with Gasteiger partial charge in [0.2, 0.25) is 0 Å². The predicted molar refractivity (Wildman–Crippen MR) is 56.5 cm³/mol. The number of hydrogen-bond acceptors (Lipinski definition) is 3. The average Bonchev–Trinajstić information content (AvgIpc) is 2.09. The second-order valence-electron chi connectivity index (χ2n) is 3.47. The molecule has 0 amide bonds. The first-order valence-electron chi connectivity index (χ1n) is 4.36. The predicted octanol–water partition coefficient (Wildman–Crippen LogP) is 1.73. The van der Waals surface area contributed by atoms with Gasteiger partial charge in [-0.1, -0.05) is 11.6 Å². The maximum Gasteiger partial charge on any atom is 0.116 e. The van der Waals surface area contributed by atoms with Crippen LogP contribution in [-0.2, 0) is 0 Å². The fraction of sp³-hybridized carbons (Fsp3) is 0.400. The van der Waals surface area contributed by atoms with Crippen molar-refractivity contribution < 1.29 is 10.2 Å². The third-order valence-electron chi connectivity index (χ3n) is 2.08. The molecule has 1 aromatic carbocycles. The van der Waals surface area contributed by atoms with Gasteiger partial charge in [-0.25, -0.2) is 0 Å². The summed E-state index contributed by atoms with van der Waals surface area (Å²) in [5, 5.41) is 19.5. The highest BCUT2D eigenvalue weighted by molar-refractivity contribution is 6.32. The fourth-order valence-corrected chi connectivity index (χ4v) is 1.50. The van der Waals surface area contributed by atoms with E-state index in [0.29, 0.717) is 10.6 Å². The zero-order valence-corrected chi connectivity index (χ0v) is 8.92. The molecule has 1 rings (SSSR count). The van der Waals surface area contributed by atoms with Gasteiger partial charge in [0.1, 0.15) is 5.75 Å². The van der Waals surface area contributed by atoms with Gasteiger partial charge >= 0.3 is 0 Å². The molecular weight excluding hydrogens is 202 g/mol. The number of rotatable bonds is 2. The minimum absolute atomic E-state index is 0.0848. The minimum Gasteiger partial charge on any atom is -0.508 e. The normalized spacial score (nSPS) is 15.2. The van der Waals surface area contributed by atoms with E-state index in [1.165, 1.54) is 6.07 Å². The number of aromatic hydroxyl groups is 1. The lowest BCUT2D eigenvalue weighted by Gasteiger charge is -2.17. The molecule has 1 aromatic rings. The SMILES string of the molecule is Cc1cc(O)cc(C(O)C(C)N)c1Cl. The standard InChI is InChI=1S/C10H14ClNO2/c1-5-3-7(13)4-8(9(5)11)10(14)6(2)12/h3-4,6,10,13-14H,12H2,1-2H3. The highest BCUT2D eigenvalue weighted by Crippen LogP contribution is 2.31. The Hall–Kier alpha value is -0.770. The molecule has 0 aliphatic heterocycles. The number of aliphatic hydroxyl groups is 1. The monoisotopic (exact) mass is 215 g/mol. The van der Waals surface area contributed by atoms with Crippen LogP contribution in [0.1, 0.15) is 24.2 Å². The Kier molecular flexibility index (Phi) is 3.37. The zero-order valence-electron chi connectivity index (χ0n) is 8.16.